The molecular formula is C18H18ClNO2S. The lowest BCUT2D eigenvalue weighted by atomic mass is 10.1. The maximum absolute atomic E-state index is 12.7. The van der Waals surface area contributed by atoms with E-state index in [-0.39, 0.29) is 11.3 Å². The standard InChI is InChI=1S/C18H18ClNO2S/c1-22-16-8-2-13(3-9-16)12-17(21)20-10-11-23-18(20)14-4-6-15(19)7-5-14/h2-9,18H,10-12H2,1H3. The van der Waals surface area contributed by atoms with E-state index in [9.17, 15) is 4.79 Å². The molecule has 0 aliphatic carbocycles. The first-order valence-electron chi connectivity index (χ1n) is 7.47. The van der Waals surface area contributed by atoms with Crippen LogP contribution in [0.15, 0.2) is 48.5 Å². The maximum atomic E-state index is 12.7. The Bertz CT molecular complexity index is 672. The molecule has 1 saturated heterocycles. The smallest absolute Gasteiger partial charge is 0.228 e. The number of nitrogens with zero attached hydrogens (tertiary/aromatic N) is 1. The fourth-order valence-electron chi connectivity index (χ4n) is 2.65. The van der Waals surface area contributed by atoms with E-state index in [1.807, 2.05) is 53.4 Å². The third-order valence-corrected chi connectivity index (χ3v) is 5.39. The summed E-state index contributed by atoms with van der Waals surface area (Å²) >= 11 is 7.75. The van der Waals surface area contributed by atoms with Crippen LogP contribution in [-0.2, 0) is 11.2 Å². The monoisotopic (exact) mass is 347 g/mol. The van der Waals surface area contributed by atoms with Gasteiger partial charge in [0.05, 0.1) is 13.5 Å². The highest BCUT2D eigenvalue weighted by Gasteiger charge is 2.30. The van der Waals surface area contributed by atoms with Crippen molar-refractivity contribution < 1.29 is 9.53 Å². The third-order valence-electron chi connectivity index (χ3n) is 3.88. The zero-order valence-corrected chi connectivity index (χ0v) is 14.4. The molecule has 3 nitrogen and oxygen atoms in total. The second kappa shape index (κ2) is 7.28. The maximum Gasteiger partial charge on any atom is 0.228 e. The van der Waals surface area contributed by atoms with Crippen LogP contribution in [0.4, 0.5) is 0 Å². The highest BCUT2D eigenvalue weighted by atomic mass is 35.5. The molecule has 1 aliphatic rings. The van der Waals surface area contributed by atoms with Gasteiger partial charge in [-0.25, -0.2) is 0 Å². The number of carbonyl (C=O) groups is 1. The minimum atomic E-state index is 0.0815. The topological polar surface area (TPSA) is 29.5 Å². The van der Waals surface area contributed by atoms with Crippen LogP contribution in [0.25, 0.3) is 0 Å². The number of carbonyl (C=O) groups excluding carboxylic acids is 1. The number of halogens is 1. The van der Waals surface area contributed by atoms with Gasteiger partial charge in [-0.05, 0) is 35.4 Å². The summed E-state index contributed by atoms with van der Waals surface area (Å²) in [5, 5.41) is 0.797. The van der Waals surface area contributed by atoms with Crippen LogP contribution >= 0.6 is 23.4 Å². The number of hydrogen-bond donors (Lipinski definition) is 0. The molecule has 3 rings (SSSR count). The van der Waals surface area contributed by atoms with Crippen molar-refractivity contribution >= 4 is 29.3 Å². The number of benzene rings is 2. The lowest BCUT2D eigenvalue weighted by molar-refractivity contribution is -0.130. The fourth-order valence-corrected chi connectivity index (χ4v) is 4.05. The molecule has 1 atom stereocenters. The third kappa shape index (κ3) is 3.82. The number of rotatable bonds is 4. The van der Waals surface area contributed by atoms with Gasteiger partial charge in [0, 0.05) is 17.3 Å². The number of thioether (sulfide) groups is 1. The van der Waals surface area contributed by atoms with Gasteiger partial charge in [-0.15, -0.1) is 11.8 Å². The first-order chi connectivity index (χ1) is 11.2. The van der Waals surface area contributed by atoms with Gasteiger partial charge in [0.25, 0.3) is 0 Å². The van der Waals surface area contributed by atoms with E-state index in [0.717, 1.165) is 29.2 Å². The molecule has 0 bridgehead atoms. The van der Waals surface area contributed by atoms with E-state index >= 15 is 0 Å². The molecule has 0 N–H and O–H groups in total. The predicted octanol–water partition coefficient (Wildman–Crippen LogP) is 4.17. The van der Waals surface area contributed by atoms with Crippen molar-refractivity contribution in [3.63, 3.8) is 0 Å². The van der Waals surface area contributed by atoms with Crippen LogP contribution < -0.4 is 4.74 Å². The van der Waals surface area contributed by atoms with E-state index in [0.29, 0.717) is 11.4 Å². The summed E-state index contributed by atoms with van der Waals surface area (Å²) in [5.41, 5.74) is 2.13. The van der Waals surface area contributed by atoms with Gasteiger partial charge >= 0.3 is 0 Å². The largest absolute Gasteiger partial charge is 0.497 e. The number of methoxy groups -OCH3 is 1. The van der Waals surface area contributed by atoms with Gasteiger partial charge in [0.15, 0.2) is 0 Å². The molecule has 1 unspecified atom stereocenters. The number of amides is 1. The Morgan fingerprint density at radius 1 is 1.22 bits per heavy atom. The van der Waals surface area contributed by atoms with Crippen molar-refractivity contribution in [2.75, 3.05) is 19.4 Å². The average molecular weight is 348 g/mol. The van der Waals surface area contributed by atoms with Gasteiger partial charge in [-0.1, -0.05) is 35.9 Å². The van der Waals surface area contributed by atoms with E-state index in [1.165, 1.54) is 0 Å². The van der Waals surface area contributed by atoms with Crippen LogP contribution in [0.3, 0.4) is 0 Å². The van der Waals surface area contributed by atoms with Crippen LogP contribution in [-0.4, -0.2) is 30.2 Å². The molecular weight excluding hydrogens is 330 g/mol. The molecule has 5 heteroatoms. The lowest BCUT2D eigenvalue weighted by Crippen LogP contribution is -2.31. The van der Waals surface area contributed by atoms with Crippen molar-refractivity contribution in [2.24, 2.45) is 0 Å². The summed E-state index contributed by atoms with van der Waals surface area (Å²) in [6.45, 7) is 0.785. The van der Waals surface area contributed by atoms with Crippen molar-refractivity contribution in [2.45, 2.75) is 11.8 Å². The molecule has 0 aromatic heterocycles. The van der Waals surface area contributed by atoms with Crippen molar-refractivity contribution in [3.05, 3.63) is 64.7 Å². The summed E-state index contributed by atoms with van der Waals surface area (Å²) in [4.78, 5) is 14.6. The van der Waals surface area contributed by atoms with Gasteiger partial charge < -0.3 is 9.64 Å². The lowest BCUT2D eigenvalue weighted by Gasteiger charge is -2.24. The van der Waals surface area contributed by atoms with Gasteiger partial charge in [-0.2, -0.15) is 0 Å². The molecule has 23 heavy (non-hydrogen) atoms. The van der Waals surface area contributed by atoms with Crippen LogP contribution in [0.2, 0.25) is 5.02 Å². The SMILES string of the molecule is COc1ccc(CC(=O)N2CCSC2c2ccc(Cl)cc2)cc1. The summed E-state index contributed by atoms with van der Waals surface area (Å²) < 4.78 is 5.15. The number of hydrogen-bond acceptors (Lipinski definition) is 3. The highest BCUT2D eigenvalue weighted by Crippen LogP contribution is 2.38. The minimum absolute atomic E-state index is 0.0815. The normalized spacial score (nSPS) is 17.3. The molecule has 0 spiro atoms. The van der Waals surface area contributed by atoms with Crippen molar-refractivity contribution in [1.82, 2.24) is 4.90 Å². The number of ether oxygens (including phenoxy) is 1. The fraction of sp³-hybridized carbons (Fsp3) is 0.278. The Balaban J connectivity index is 1.71. The Labute approximate surface area is 145 Å². The molecule has 0 saturated carbocycles. The quantitative estimate of drug-likeness (QED) is 0.831. The molecule has 2 aromatic carbocycles. The highest BCUT2D eigenvalue weighted by molar-refractivity contribution is 7.99. The first-order valence-corrected chi connectivity index (χ1v) is 8.89. The molecule has 120 valence electrons. The van der Waals surface area contributed by atoms with Gasteiger partial charge in [0.1, 0.15) is 11.1 Å². The van der Waals surface area contributed by atoms with Crippen LogP contribution in [0, 0.1) is 0 Å². The molecule has 1 aliphatic heterocycles. The zero-order chi connectivity index (χ0) is 16.2. The Morgan fingerprint density at radius 2 is 1.91 bits per heavy atom. The van der Waals surface area contributed by atoms with Crippen molar-refractivity contribution in [3.8, 4) is 5.75 Å². The van der Waals surface area contributed by atoms with E-state index in [4.69, 9.17) is 16.3 Å². The van der Waals surface area contributed by atoms with Crippen LogP contribution in [0.1, 0.15) is 16.5 Å². The van der Waals surface area contributed by atoms with E-state index in [1.54, 1.807) is 18.9 Å². The Hall–Kier alpha value is -1.65. The summed E-state index contributed by atoms with van der Waals surface area (Å²) in [5.74, 6) is 1.92. The Morgan fingerprint density at radius 3 is 2.57 bits per heavy atom. The molecule has 1 fully saturated rings. The van der Waals surface area contributed by atoms with Gasteiger partial charge in [0.2, 0.25) is 5.91 Å². The van der Waals surface area contributed by atoms with Gasteiger partial charge in [-0.3, -0.25) is 4.79 Å². The van der Waals surface area contributed by atoms with E-state index in [2.05, 4.69) is 0 Å². The molecule has 0 radical (unpaired) electrons. The summed E-state index contributed by atoms with van der Waals surface area (Å²) in [6, 6.07) is 15.4. The predicted molar refractivity (Wildman–Crippen MR) is 95.1 cm³/mol. The summed E-state index contributed by atoms with van der Waals surface area (Å²) in [6.07, 6.45) is 0.411. The molecule has 1 amide bonds. The molecule has 2 aromatic rings. The zero-order valence-electron chi connectivity index (χ0n) is 12.9. The summed E-state index contributed by atoms with van der Waals surface area (Å²) in [7, 11) is 1.64. The second-order valence-corrected chi connectivity index (χ2v) is 7.01. The minimum Gasteiger partial charge on any atom is -0.497 e. The Kier molecular flexibility index (Phi) is 5.13. The second-order valence-electron chi connectivity index (χ2n) is 5.39. The first kappa shape index (κ1) is 16.2. The van der Waals surface area contributed by atoms with Crippen molar-refractivity contribution in [1.29, 1.82) is 0 Å². The van der Waals surface area contributed by atoms with Crippen LogP contribution in [0.5, 0.6) is 5.75 Å². The van der Waals surface area contributed by atoms with E-state index < -0.39 is 0 Å². The average Bonchev–Trinajstić information content (AvgIpc) is 3.06. The molecule has 1 heterocycles.